The zero-order valence-corrected chi connectivity index (χ0v) is 18.9. The first kappa shape index (κ1) is 22.6. The lowest BCUT2D eigenvalue weighted by molar-refractivity contribution is -0.116. The highest BCUT2D eigenvalue weighted by atomic mass is 35.5. The molecule has 1 heterocycles. The number of carbonyl (C=O) groups is 2. The van der Waals surface area contributed by atoms with Crippen molar-refractivity contribution in [2.24, 2.45) is 7.05 Å². The molecule has 0 fully saturated rings. The van der Waals surface area contributed by atoms with E-state index < -0.39 is 0 Å². The standard InChI is InChI=1S/C21H22ClN5O3S/c1-13-4-5-14(22)10-17(13)24-20(29)12-31-21-26-25-18(27(21)2)11-19(28)23-15-6-8-16(30-3)9-7-15/h4-10H,11-12H2,1-3H3,(H,23,28)(H,24,29). The van der Waals surface area contributed by atoms with E-state index in [1.54, 1.807) is 55.1 Å². The van der Waals surface area contributed by atoms with Gasteiger partial charge in [0, 0.05) is 23.4 Å². The minimum Gasteiger partial charge on any atom is -0.497 e. The summed E-state index contributed by atoms with van der Waals surface area (Å²) in [6.45, 7) is 1.89. The van der Waals surface area contributed by atoms with Gasteiger partial charge in [0.25, 0.3) is 0 Å². The van der Waals surface area contributed by atoms with E-state index in [4.69, 9.17) is 16.3 Å². The van der Waals surface area contributed by atoms with Crippen molar-refractivity contribution in [3.05, 3.63) is 58.9 Å². The average Bonchev–Trinajstić information content (AvgIpc) is 3.09. The highest BCUT2D eigenvalue weighted by molar-refractivity contribution is 7.99. The van der Waals surface area contributed by atoms with E-state index in [1.807, 2.05) is 13.0 Å². The van der Waals surface area contributed by atoms with Gasteiger partial charge in [0.05, 0.1) is 19.3 Å². The molecule has 0 bridgehead atoms. The molecule has 0 spiro atoms. The summed E-state index contributed by atoms with van der Waals surface area (Å²) in [5.41, 5.74) is 2.26. The van der Waals surface area contributed by atoms with E-state index in [-0.39, 0.29) is 24.0 Å². The summed E-state index contributed by atoms with van der Waals surface area (Å²) in [6.07, 6.45) is 0.0595. The molecule has 10 heteroatoms. The Morgan fingerprint density at radius 3 is 2.55 bits per heavy atom. The highest BCUT2D eigenvalue weighted by Gasteiger charge is 2.15. The first-order valence-corrected chi connectivity index (χ1v) is 10.7. The molecule has 0 unspecified atom stereocenters. The van der Waals surface area contributed by atoms with E-state index in [0.29, 0.717) is 33.1 Å². The molecule has 0 aliphatic heterocycles. The Hall–Kier alpha value is -3.04. The summed E-state index contributed by atoms with van der Waals surface area (Å²) in [7, 11) is 3.34. The van der Waals surface area contributed by atoms with Crippen LogP contribution in [0.15, 0.2) is 47.6 Å². The number of ether oxygens (including phenoxy) is 1. The summed E-state index contributed by atoms with van der Waals surface area (Å²) in [5.74, 6) is 0.960. The topological polar surface area (TPSA) is 98.1 Å². The lowest BCUT2D eigenvalue weighted by Gasteiger charge is -2.09. The van der Waals surface area contributed by atoms with Crippen LogP contribution < -0.4 is 15.4 Å². The Labute approximate surface area is 189 Å². The lowest BCUT2D eigenvalue weighted by atomic mass is 10.2. The number of carbonyl (C=O) groups excluding carboxylic acids is 2. The zero-order valence-electron chi connectivity index (χ0n) is 17.3. The summed E-state index contributed by atoms with van der Waals surface area (Å²) >= 11 is 7.23. The van der Waals surface area contributed by atoms with Gasteiger partial charge >= 0.3 is 0 Å². The van der Waals surface area contributed by atoms with Crippen molar-refractivity contribution < 1.29 is 14.3 Å². The van der Waals surface area contributed by atoms with Crippen LogP contribution in [0.1, 0.15) is 11.4 Å². The number of hydrogen-bond donors (Lipinski definition) is 2. The number of rotatable bonds is 8. The van der Waals surface area contributed by atoms with Crippen LogP contribution in [-0.4, -0.2) is 39.4 Å². The molecule has 3 rings (SSSR count). The first-order chi connectivity index (χ1) is 14.9. The Morgan fingerprint density at radius 1 is 1.10 bits per heavy atom. The molecule has 0 aliphatic carbocycles. The number of aryl methyl sites for hydroxylation is 1. The minimum absolute atomic E-state index is 0.0595. The van der Waals surface area contributed by atoms with Crippen molar-refractivity contribution in [3.8, 4) is 5.75 Å². The molecule has 0 aliphatic rings. The quantitative estimate of drug-likeness (QED) is 0.498. The number of thioether (sulfide) groups is 1. The van der Waals surface area contributed by atoms with Crippen molar-refractivity contribution in [3.63, 3.8) is 0 Å². The predicted octanol–water partition coefficient (Wildman–Crippen LogP) is 3.70. The number of nitrogens with one attached hydrogen (secondary N) is 2. The van der Waals surface area contributed by atoms with Crippen molar-refractivity contribution >= 4 is 46.6 Å². The molecule has 0 radical (unpaired) electrons. The third-order valence-corrected chi connectivity index (χ3v) is 5.68. The normalized spacial score (nSPS) is 10.6. The Bertz CT molecular complexity index is 1090. The van der Waals surface area contributed by atoms with Crippen molar-refractivity contribution in [2.75, 3.05) is 23.5 Å². The second-order valence-electron chi connectivity index (χ2n) is 6.71. The van der Waals surface area contributed by atoms with Crippen LogP contribution >= 0.6 is 23.4 Å². The fourth-order valence-electron chi connectivity index (χ4n) is 2.69. The fraction of sp³-hybridized carbons (Fsp3) is 0.238. The van der Waals surface area contributed by atoms with Crippen molar-refractivity contribution in [1.29, 1.82) is 0 Å². The smallest absolute Gasteiger partial charge is 0.234 e. The van der Waals surface area contributed by atoms with Crippen LogP contribution in [0.25, 0.3) is 0 Å². The molecule has 1 aromatic heterocycles. The molecule has 3 aromatic rings. The summed E-state index contributed by atoms with van der Waals surface area (Å²) < 4.78 is 6.81. The molecular formula is C21H22ClN5O3S. The number of amides is 2. The van der Waals surface area contributed by atoms with Crippen LogP contribution in [0.4, 0.5) is 11.4 Å². The Kier molecular flexibility index (Phi) is 7.54. The number of aromatic nitrogens is 3. The van der Waals surface area contributed by atoms with Gasteiger partial charge in [-0.2, -0.15) is 0 Å². The number of hydrogen-bond acceptors (Lipinski definition) is 6. The van der Waals surface area contributed by atoms with Crippen LogP contribution in [0.3, 0.4) is 0 Å². The van der Waals surface area contributed by atoms with E-state index in [1.165, 1.54) is 11.8 Å². The maximum atomic E-state index is 12.3. The molecule has 2 amide bonds. The maximum absolute atomic E-state index is 12.3. The Balaban J connectivity index is 1.53. The van der Waals surface area contributed by atoms with Gasteiger partial charge in [0.2, 0.25) is 11.8 Å². The van der Waals surface area contributed by atoms with Gasteiger partial charge in [0.15, 0.2) is 5.16 Å². The number of halogens is 1. The summed E-state index contributed by atoms with van der Waals surface area (Å²) in [4.78, 5) is 24.6. The second kappa shape index (κ2) is 10.3. The minimum atomic E-state index is -0.216. The average molecular weight is 460 g/mol. The van der Waals surface area contributed by atoms with Gasteiger partial charge in [-0.05, 0) is 48.9 Å². The molecule has 2 aromatic carbocycles. The van der Waals surface area contributed by atoms with Gasteiger partial charge in [-0.1, -0.05) is 29.4 Å². The van der Waals surface area contributed by atoms with Gasteiger partial charge in [-0.3, -0.25) is 9.59 Å². The number of nitrogens with zero attached hydrogens (tertiary/aromatic N) is 3. The molecule has 162 valence electrons. The zero-order chi connectivity index (χ0) is 22.4. The van der Waals surface area contributed by atoms with Crippen molar-refractivity contribution in [1.82, 2.24) is 14.8 Å². The molecule has 0 saturated carbocycles. The number of methoxy groups -OCH3 is 1. The molecule has 0 atom stereocenters. The molecule has 8 nitrogen and oxygen atoms in total. The van der Waals surface area contributed by atoms with Gasteiger partial charge in [-0.15, -0.1) is 10.2 Å². The number of anilines is 2. The van der Waals surface area contributed by atoms with Crippen LogP contribution in [0.5, 0.6) is 5.75 Å². The van der Waals surface area contributed by atoms with Crippen LogP contribution in [0.2, 0.25) is 5.02 Å². The Morgan fingerprint density at radius 2 is 1.84 bits per heavy atom. The first-order valence-electron chi connectivity index (χ1n) is 9.36. The maximum Gasteiger partial charge on any atom is 0.234 e. The summed E-state index contributed by atoms with van der Waals surface area (Å²) in [5, 5.41) is 14.9. The fourth-order valence-corrected chi connectivity index (χ4v) is 3.60. The molecule has 2 N–H and O–H groups in total. The summed E-state index contributed by atoms with van der Waals surface area (Å²) in [6, 6.07) is 12.4. The van der Waals surface area contributed by atoms with Crippen LogP contribution in [-0.2, 0) is 23.1 Å². The van der Waals surface area contributed by atoms with E-state index >= 15 is 0 Å². The van der Waals surface area contributed by atoms with Gasteiger partial charge in [-0.25, -0.2) is 0 Å². The molecule has 0 saturated heterocycles. The third kappa shape index (κ3) is 6.22. The van der Waals surface area contributed by atoms with Crippen molar-refractivity contribution in [2.45, 2.75) is 18.5 Å². The lowest BCUT2D eigenvalue weighted by Crippen LogP contribution is -2.17. The monoisotopic (exact) mass is 459 g/mol. The molecule has 31 heavy (non-hydrogen) atoms. The van der Waals surface area contributed by atoms with Gasteiger partial charge < -0.3 is 19.9 Å². The largest absolute Gasteiger partial charge is 0.497 e. The highest BCUT2D eigenvalue weighted by Crippen LogP contribution is 2.22. The van der Waals surface area contributed by atoms with Crippen LogP contribution in [0, 0.1) is 6.92 Å². The SMILES string of the molecule is COc1ccc(NC(=O)Cc2nnc(SCC(=O)Nc3cc(Cl)ccc3C)n2C)cc1. The van der Waals surface area contributed by atoms with E-state index in [9.17, 15) is 9.59 Å². The van der Waals surface area contributed by atoms with E-state index in [0.717, 1.165) is 5.56 Å². The third-order valence-electron chi connectivity index (χ3n) is 4.42. The van der Waals surface area contributed by atoms with E-state index in [2.05, 4.69) is 20.8 Å². The van der Waals surface area contributed by atoms with Gasteiger partial charge in [0.1, 0.15) is 11.6 Å². The second-order valence-corrected chi connectivity index (χ2v) is 8.09. The predicted molar refractivity (Wildman–Crippen MR) is 122 cm³/mol. The number of benzene rings is 2. The molecular weight excluding hydrogens is 438 g/mol.